The van der Waals surface area contributed by atoms with E-state index in [1.165, 1.54) is 12.8 Å². The molecule has 22 heavy (non-hydrogen) atoms. The summed E-state index contributed by atoms with van der Waals surface area (Å²) in [4.78, 5) is 14.5. The Morgan fingerprint density at radius 2 is 2.00 bits per heavy atom. The third-order valence-electron chi connectivity index (χ3n) is 5.02. The Hall–Kier alpha value is -0.650. The number of hydrogen-bond acceptors (Lipinski definition) is 4. The van der Waals surface area contributed by atoms with E-state index in [9.17, 15) is 4.79 Å². The van der Waals surface area contributed by atoms with Gasteiger partial charge in [-0.1, -0.05) is 6.92 Å². The number of rotatable bonds is 8. The van der Waals surface area contributed by atoms with E-state index >= 15 is 0 Å². The van der Waals surface area contributed by atoms with Gasteiger partial charge in [0.25, 0.3) is 0 Å². The van der Waals surface area contributed by atoms with Gasteiger partial charge in [-0.15, -0.1) is 0 Å². The molecule has 1 unspecified atom stereocenters. The van der Waals surface area contributed by atoms with Crippen molar-refractivity contribution in [2.45, 2.75) is 39.0 Å². The van der Waals surface area contributed by atoms with Crippen molar-refractivity contribution in [3.63, 3.8) is 0 Å². The second kappa shape index (κ2) is 10.2. The standard InChI is InChI=1S/C17H33N3O2/c1-15(16-4-7-18-8-5-16)14-17(21)19-6-2-3-9-20-10-12-22-13-11-20/h15-16,18H,2-14H2,1H3,(H,19,21). The number of amides is 1. The predicted octanol–water partition coefficient (Wildman–Crippen LogP) is 1.24. The fraction of sp³-hybridized carbons (Fsp3) is 0.941. The molecule has 2 saturated heterocycles. The lowest BCUT2D eigenvalue weighted by molar-refractivity contribution is -0.122. The van der Waals surface area contributed by atoms with Gasteiger partial charge in [-0.2, -0.15) is 0 Å². The van der Waals surface area contributed by atoms with E-state index in [1.807, 2.05) is 0 Å². The van der Waals surface area contributed by atoms with E-state index in [0.29, 0.717) is 18.3 Å². The van der Waals surface area contributed by atoms with Crippen LogP contribution in [-0.4, -0.2) is 63.3 Å². The van der Waals surface area contributed by atoms with Crippen LogP contribution >= 0.6 is 0 Å². The first-order valence-electron chi connectivity index (χ1n) is 9.03. The van der Waals surface area contributed by atoms with Gasteiger partial charge >= 0.3 is 0 Å². The number of unbranched alkanes of at least 4 members (excludes halogenated alkanes) is 1. The minimum Gasteiger partial charge on any atom is -0.379 e. The topological polar surface area (TPSA) is 53.6 Å². The SMILES string of the molecule is CC(CC(=O)NCCCCN1CCOCC1)C1CCNCC1. The first kappa shape index (κ1) is 17.7. The van der Waals surface area contributed by atoms with Crippen molar-refractivity contribution >= 4 is 5.91 Å². The van der Waals surface area contributed by atoms with Crippen molar-refractivity contribution in [3.8, 4) is 0 Å². The number of carbonyl (C=O) groups is 1. The summed E-state index contributed by atoms with van der Waals surface area (Å²) >= 11 is 0. The summed E-state index contributed by atoms with van der Waals surface area (Å²) in [6.45, 7) is 10.2. The second-order valence-electron chi connectivity index (χ2n) is 6.78. The number of piperidine rings is 1. The lowest BCUT2D eigenvalue weighted by Crippen LogP contribution is -2.37. The van der Waals surface area contributed by atoms with Gasteiger partial charge in [0, 0.05) is 26.1 Å². The predicted molar refractivity (Wildman–Crippen MR) is 88.9 cm³/mol. The molecule has 0 bridgehead atoms. The Kier molecular flexibility index (Phi) is 8.20. The summed E-state index contributed by atoms with van der Waals surface area (Å²) < 4.78 is 5.34. The van der Waals surface area contributed by atoms with E-state index in [4.69, 9.17) is 4.74 Å². The third kappa shape index (κ3) is 6.63. The molecule has 0 aromatic rings. The molecule has 128 valence electrons. The number of hydrogen-bond donors (Lipinski definition) is 2. The highest BCUT2D eigenvalue weighted by atomic mass is 16.5. The Bertz CT molecular complexity index is 313. The van der Waals surface area contributed by atoms with Crippen LogP contribution < -0.4 is 10.6 Å². The maximum atomic E-state index is 12.0. The fourth-order valence-electron chi connectivity index (χ4n) is 3.46. The Balaban J connectivity index is 1.48. The first-order chi connectivity index (χ1) is 10.8. The zero-order chi connectivity index (χ0) is 15.6. The number of morpholine rings is 1. The van der Waals surface area contributed by atoms with Gasteiger partial charge in [0.05, 0.1) is 13.2 Å². The van der Waals surface area contributed by atoms with Crippen molar-refractivity contribution in [2.75, 3.05) is 52.5 Å². The first-order valence-corrected chi connectivity index (χ1v) is 9.03. The maximum absolute atomic E-state index is 12.0. The van der Waals surface area contributed by atoms with Crippen LogP contribution in [0.2, 0.25) is 0 Å². The van der Waals surface area contributed by atoms with Crippen molar-refractivity contribution < 1.29 is 9.53 Å². The minimum absolute atomic E-state index is 0.234. The summed E-state index contributed by atoms with van der Waals surface area (Å²) in [7, 11) is 0. The van der Waals surface area contributed by atoms with Crippen LogP contribution in [0.3, 0.4) is 0 Å². The van der Waals surface area contributed by atoms with Gasteiger partial charge in [0.2, 0.25) is 5.91 Å². The molecule has 0 saturated carbocycles. The average molecular weight is 311 g/mol. The highest BCUT2D eigenvalue weighted by Gasteiger charge is 2.21. The molecule has 0 radical (unpaired) electrons. The molecule has 5 nitrogen and oxygen atoms in total. The van der Waals surface area contributed by atoms with Crippen LogP contribution in [0.4, 0.5) is 0 Å². The smallest absolute Gasteiger partial charge is 0.220 e. The molecular weight excluding hydrogens is 278 g/mol. The van der Waals surface area contributed by atoms with Crippen LogP contribution in [-0.2, 0) is 9.53 Å². The molecule has 2 fully saturated rings. The molecule has 5 heteroatoms. The van der Waals surface area contributed by atoms with Crippen LogP contribution in [0.5, 0.6) is 0 Å². The highest BCUT2D eigenvalue weighted by molar-refractivity contribution is 5.76. The molecule has 0 aromatic heterocycles. The minimum atomic E-state index is 0.234. The zero-order valence-electron chi connectivity index (χ0n) is 14.1. The van der Waals surface area contributed by atoms with Crippen molar-refractivity contribution in [1.82, 2.24) is 15.5 Å². The van der Waals surface area contributed by atoms with Crippen molar-refractivity contribution in [3.05, 3.63) is 0 Å². The summed E-state index contributed by atoms with van der Waals surface area (Å²) in [5.74, 6) is 1.46. The fourth-order valence-corrected chi connectivity index (χ4v) is 3.46. The van der Waals surface area contributed by atoms with Gasteiger partial charge in [0.1, 0.15) is 0 Å². The van der Waals surface area contributed by atoms with Gasteiger partial charge < -0.3 is 15.4 Å². The highest BCUT2D eigenvalue weighted by Crippen LogP contribution is 2.24. The lowest BCUT2D eigenvalue weighted by Gasteiger charge is -2.28. The van der Waals surface area contributed by atoms with E-state index in [0.717, 1.165) is 65.3 Å². The largest absolute Gasteiger partial charge is 0.379 e. The summed E-state index contributed by atoms with van der Waals surface area (Å²) in [6, 6.07) is 0. The van der Waals surface area contributed by atoms with Gasteiger partial charge in [0.15, 0.2) is 0 Å². The molecule has 2 N–H and O–H groups in total. The molecule has 2 aliphatic heterocycles. The molecule has 1 atom stereocenters. The summed E-state index contributed by atoms with van der Waals surface area (Å²) in [5.41, 5.74) is 0. The van der Waals surface area contributed by atoms with Crippen molar-refractivity contribution in [1.29, 1.82) is 0 Å². The summed E-state index contributed by atoms with van der Waals surface area (Å²) in [6.07, 6.45) is 5.35. The van der Waals surface area contributed by atoms with Gasteiger partial charge in [-0.25, -0.2) is 0 Å². The van der Waals surface area contributed by atoms with E-state index in [1.54, 1.807) is 0 Å². The molecule has 0 spiro atoms. The Morgan fingerprint density at radius 3 is 2.73 bits per heavy atom. The number of ether oxygens (including phenoxy) is 1. The number of nitrogens with one attached hydrogen (secondary N) is 2. The molecule has 2 rings (SSSR count). The van der Waals surface area contributed by atoms with Gasteiger partial charge in [-0.3, -0.25) is 9.69 Å². The van der Waals surface area contributed by atoms with Crippen LogP contribution in [0, 0.1) is 11.8 Å². The molecule has 0 aliphatic carbocycles. The average Bonchev–Trinajstić information content (AvgIpc) is 2.56. The van der Waals surface area contributed by atoms with E-state index in [-0.39, 0.29) is 5.91 Å². The molecular formula is C17H33N3O2. The number of nitrogens with zero attached hydrogens (tertiary/aromatic N) is 1. The van der Waals surface area contributed by atoms with Gasteiger partial charge in [-0.05, 0) is 57.2 Å². The summed E-state index contributed by atoms with van der Waals surface area (Å²) in [5, 5.41) is 6.48. The molecule has 2 aliphatic rings. The maximum Gasteiger partial charge on any atom is 0.220 e. The Labute approximate surface area is 135 Å². The van der Waals surface area contributed by atoms with E-state index < -0.39 is 0 Å². The molecule has 0 aromatic carbocycles. The monoisotopic (exact) mass is 311 g/mol. The molecule has 2 heterocycles. The molecule has 1 amide bonds. The van der Waals surface area contributed by atoms with E-state index in [2.05, 4.69) is 22.5 Å². The van der Waals surface area contributed by atoms with Crippen LogP contribution in [0.15, 0.2) is 0 Å². The lowest BCUT2D eigenvalue weighted by atomic mass is 9.84. The van der Waals surface area contributed by atoms with Crippen LogP contribution in [0.1, 0.15) is 39.0 Å². The number of carbonyl (C=O) groups excluding carboxylic acids is 1. The Morgan fingerprint density at radius 1 is 1.27 bits per heavy atom. The van der Waals surface area contributed by atoms with Crippen LogP contribution in [0.25, 0.3) is 0 Å². The van der Waals surface area contributed by atoms with Crippen molar-refractivity contribution in [2.24, 2.45) is 11.8 Å². The zero-order valence-corrected chi connectivity index (χ0v) is 14.1. The second-order valence-corrected chi connectivity index (χ2v) is 6.78. The quantitative estimate of drug-likeness (QED) is 0.662. The third-order valence-corrected chi connectivity index (χ3v) is 5.02. The normalized spacial score (nSPS) is 22.4.